The highest BCUT2D eigenvalue weighted by molar-refractivity contribution is 5.91. The van der Waals surface area contributed by atoms with Gasteiger partial charge in [0.25, 0.3) is 0 Å². The van der Waals surface area contributed by atoms with Crippen molar-refractivity contribution in [1.82, 2.24) is 4.98 Å². The van der Waals surface area contributed by atoms with Gasteiger partial charge in [0, 0.05) is 29.4 Å². The zero-order valence-corrected chi connectivity index (χ0v) is 13.8. The van der Waals surface area contributed by atoms with E-state index in [0.29, 0.717) is 5.76 Å². The SMILES string of the molecule is O=C(O)c1cc(-c2ccc3c(c2)CCC3/C=N\O)c(-c2ccncc2)o1. The highest BCUT2D eigenvalue weighted by atomic mass is 16.4. The van der Waals surface area contributed by atoms with Gasteiger partial charge in [0.05, 0.1) is 6.21 Å². The molecule has 1 atom stereocenters. The van der Waals surface area contributed by atoms with Gasteiger partial charge in [-0.3, -0.25) is 4.98 Å². The first kappa shape index (κ1) is 16.1. The van der Waals surface area contributed by atoms with Crippen molar-refractivity contribution < 1.29 is 19.5 Å². The van der Waals surface area contributed by atoms with Crippen molar-refractivity contribution in [1.29, 1.82) is 0 Å². The molecule has 130 valence electrons. The van der Waals surface area contributed by atoms with Gasteiger partial charge in [0.15, 0.2) is 0 Å². The fourth-order valence-corrected chi connectivity index (χ4v) is 3.48. The van der Waals surface area contributed by atoms with E-state index in [1.54, 1.807) is 36.8 Å². The van der Waals surface area contributed by atoms with Crippen LogP contribution in [0.25, 0.3) is 22.5 Å². The van der Waals surface area contributed by atoms with Crippen LogP contribution in [0.5, 0.6) is 0 Å². The molecule has 1 aromatic carbocycles. The van der Waals surface area contributed by atoms with Crippen LogP contribution in [0.3, 0.4) is 0 Å². The Bertz CT molecular complexity index is 992. The molecule has 3 aromatic rings. The average Bonchev–Trinajstić information content (AvgIpc) is 3.27. The van der Waals surface area contributed by atoms with Crippen LogP contribution in [-0.2, 0) is 6.42 Å². The van der Waals surface area contributed by atoms with Crippen molar-refractivity contribution in [3.8, 4) is 22.5 Å². The van der Waals surface area contributed by atoms with E-state index in [2.05, 4.69) is 16.2 Å². The lowest BCUT2D eigenvalue weighted by Gasteiger charge is -2.08. The Morgan fingerprint density at radius 2 is 2.00 bits per heavy atom. The van der Waals surface area contributed by atoms with E-state index in [1.807, 2.05) is 12.1 Å². The summed E-state index contributed by atoms with van der Waals surface area (Å²) in [5.74, 6) is -0.580. The number of oxime groups is 1. The van der Waals surface area contributed by atoms with Gasteiger partial charge in [-0.15, -0.1) is 5.16 Å². The van der Waals surface area contributed by atoms with Crippen LogP contribution in [0.1, 0.15) is 34.0 Å². The monoisotopic (exact) mass is 348 g/mol. The van der Waals surface area contributed by atoms with E-state index in [1.165, 1.54) is 5.56 Å². The first-order valence-electron chi connectivity index (χ1n) is 8.25. The lowest BCUT2D eigenvalue weighted by atomic mass is 9.96. The second kappa shape index (κ2) is 6.48. The summed E-state index contributed by atoms with van der Waals surface area (Å²) in [5, 5.41) is 21.3. The number of benzene rings is 1. The number of carboxylic acid groups (broad SMARTS) is 1. The summed E-state index contributed by atoms with van der Waals surface area (Å²) < 4.78 is 5.61. The van der Waals surface area contributed by atoms with Gasteiger partial charge in [-0.05, 0) is 47.7 Å². The zero-order chi connectivity index (χ0) is 18.1. The number of pyridine rings is 1. The Morgan fingerprint density at radius 3 is 2.73 bits per heavy atom. The highest BCUT2D eigenvalue weighted by Gasteiger charge is 2.24. The first-order valence-corrected chi connectivity index (χ1v) is 8.25. The quantitative estimate of drug-likeness (QED) is 0.418. The molecule has 1 unspecified atom stereocenters. The minimum Gasteiger partial charge on any atom is -0.475 e. The zero-order valence-electron chi connectivity index (χ0n) is 13.8. The van der Waals surface area contributed by atoms with Gasteiger partial charge in [-0.2, -0.15) is 0 Å². The molecule has 2 heterocycles. The third-order valence-electron chi connectivity index (χ3n) is 4.71. The fourth-order valence-electron chi connectivity index (χ4n) is 3.48. The number of hydrogen-bond acceptors (Lipinski definition) is 5. The lowest BCUT2D eigenvalue weighted by Crippen LogP contribution is -1.94. The number of carboxylic acids is 1. The standard InChI is InChI=1S/C20H16N2O4/c23-20(24)18-10-17(19(26-18)12-5-7-21-8-6-12)14-3-4-16-13(9-14)1-2-15(16)11-22-25/h3-11,15,25H,1-2H2,(H,23,24)/b22-11-. The largest absolute Gasteiger partial charge is 0.475 e. The van der Waals surface area contributed by atoms with Crippen molar-refractivity contribution in [2.24, 2.45) is 5.16 Å². The molecule has 1 aliphatic carbocycles. The maximum atomic E-state index is 11.4. The minimum absolute atomic E-state index is 0.0994. The Morgan fingerprint density at radius 1 is 1.19 bits per heavy atom. The number of furan rings is 1. The van der Waals surface area contributed by atoms with E-state index in [0.717, 1.165) is 35.1 Å². The molecule has 1 aliphatic rings. The molecule has 0 spiro atoms. The van der Waals surface area contributed by atoms with Crippen LogP contribution in [0.4, 0.5) is 0 Å². The molecule has 0 fully saturated rings. The van der Waals surface area contributed by atoms with Gasteiger partial charge in [0.1, 0.15) is 5.76 Å². The molecule has 0 radical (unpaired) electrons. The number of rotatable bonds is 4. The van der Waals surface area contributed by atoms with Gasteiger partial charge in [-0.1, -0.05) is 18.2 Å². The molecule has 6 nitrogen and oxygen atoms in total. The number of aromatic carboxylic acids is 1. The first-order chi connectivity index (χ1) is 12.7. The van der Waals surface area contributed by atoms with Crippen LogP contribution in [-0.4, -0.2) is 27.5 Å². The molecule has 0 saturated carbocycles. The molecule has 26 heavy (non-hydrogen) atoms. The number of carbonyl (C=O) groups is 1. The summed E-state index contributed by atoms with van der Waals surface area (Å²) in [6, 6.07) is 11.1. The third kappa shape index (κ3) is 2.75. The maximum absolute atomic E-state index is 11.4. The number of aryl methyl sites for hydroxylation is 1. The Kier molecular flexibility index (Phi) is 4.01. The molecule has 0 aliphatic heterocycles. The Hall–Kier alpha value is -3.41. The van der Waals surface area contributed by atoms with E-state index in [4.69, 9.17) is 9.62 Å². The molecular formula is C20H16N2O4. The molecule has 2 aromatic heterocycles. The van der Waals surface area contributed by atoms with Crippen LogP contribution >= 0.6 is 0 Å². The van der Waals surface area contributed by atoms with Gasteiger partial charge < -0.3 is 14.7 Å². The molecule has 6 heteroatoms. The van der Waals surface area contributed by atoms with E-state index in [9.17, 15) is 9.90 Å². The van der Waals surface area contributed by atoms with E-state index < -0.39 is 5.97 Å². The molecular weight excluding hydrogens is 332 g/mol. The second-order valence-electron chi connectivity index (χ2n) is 6.22. The summed E-state index contributed by atoms with van der Waals surface area (Å²) >= 11 is 0. The van der Waals surface area contributed by atoms with Crippen molar-refractivity contribution in [3.63, 3.8) is 0 Å². The second-order valence-corrected chi connectivity index (χ2v) is 6.22. The number of aromatic nitrogens is 1. The minimum atomic E-state index is -1.10. The molecule has 4 rings (SSSR count). The topological polar surface area (TPSA) is 95.9 Å². The van der Waals surface area contributed by atoms with Gasteiger partial charge >= 0.3 is 5.97 Å². The summed E-state index contributed by atoms with van der Waals surface area (Å²) in [5.41, 5.74) is 4.71. The van der Waals surface area contributed by atoms with Crippen LogP contribution in [0, 0.1) is 0 Å². The lowest BCUT2D eigenvalue weighted by molar-refractivity contribution is 0.0663. The molecule has 0 amide bonds. The summed E-state index contributed by atoms with van der Waals surface area (Å²) in [6.07, 6.45) is 6.61. The predicted molar refractivity (Wildman–Crippen MR) is 95.7 cm³/mol. The van der Waals surface area contributed by atoms with Crippen molar-refractivity contribution >= 4 is 12.2 Å². The van der Waals surface area contributed by atoms with Crippen LogP contribution < -0.4 is 0 Å². The average molecular weight is 348 g/mol. The summed E-state index contributed by atoms with van der Waals surface area (Å²) in [4.78, 5) is 15.4. The summed E-state index contributed by atoms with van der Waals surface area (Å²) in [6.45, 7) is 0. The Balaban J connectivity index is 1.82. The third-order valence-corrected chi connectivity index (χ3v) is 4.71. The highest BCUT2D eigenvalue weighted by Crippen LogP contribution is 2.39. The molecule has 0 saturated heterocycles. The summed E-state index contributed by atoms with van der Waals surface area (Å²) in [7, 11) is 0. The number of hydrogen-bond donors (Lipinski definition) is 2. The van der Waals surface area contributed by atoms with Gasteiger partial charge in [-0.25, -0.2) is 4.79 Å². The predicted octanol–water partition coefficient (Wildman–Crippen LogP) is 4.20. The molecule has 0 bridgehead atoms. The number of nitrogens with zero attached hydrogens (tertiary/aromatic N) is 2. The number of fused-ring (bicyclic) bond motifs is 1. The van der Waals surface area contributed by atoms with Crippen molar-refractivity contribution in [2.75, 3.05) is 0 Å². The smallest absolute Gasteiger partial charge is 0.371 e. The Labute approximate surface area is 149 Å². The van der Waals surface area contributed by atoms with Gasteiger partial charge in [0.2, 0.25) is 5.76 Å². The van der Waals surface area contributed by atoms with Crippen molar-refractivity contribution in [2.45, 2.75) is 18.8 Å². The van der Waals surface area contributed by atoms with E-state index in [-0.39, 0.29) is 11.7 Å². The van der Waals surface area contributed by atoms with E-state index >= 15 is 0 Å². The van der Waals surface area contributed by atoms with Crippen LogP contribution in [0.15, 0.2) is 58.4 Å². The van der Waals surface area contributed by atoms with Crippen LogP contribution in [0.2, 0.25) is 0 Å². The normalized spacial score (nSPS) is 16.1. The maximum Gasteiger partial charge on any atom is 0.371 e. The van der Waals surface area contributed by atoms with Crippen molar-refractivity contribution in [3.05, 3.63) is 65.7 Å². The molecule has 2 N–H and O–H groups in total. The fraction of sp³-hybridized carbons (Fsp3) is 0.150.